The van der Waals surface area contributed by atoms with Crippen LogP contribution in [0.1, 0.15) is 53.8 Å². The summed E-state index contributed by atoms with van der Waals surface area (Å²) in [6.45, 7) is 2.36. The number of methoxy groups -OCH3 is 1. The Balaban J connectivity index is 1.21. The zero-order valence-corrected chi connectivity index (χ0v) is 20.3. The van der Waals surface area contributed by atoms with E-state index in [-0.39, 0.29) is 18.4 Å². The maximum absolute atomic E-state index is 11.1. The number of carboxylic acid groups (broad SMARTS) is 1. The fourth-order valence-corrected chi connectivity index (χ4v) is 6.02. The minimum Gasteiger partial charge on any atom is -0.493 e. The van der Waals surface area contributed by atoms with Gasteiger partial charge < -0.3 is 19.3 Å². The highest BCUT2D eigenvalue weighted by Crippen LogP contribution is 2.39. The second-order valence-electron chi connectivity index (χ2n) is 9.04. The number of thiazole rings is 1. The van der Waals surface area contributed by atoms with Crippen LogP contribution in [0.5, 0.6) is 17.2 Å². The van der Waals surface area contributed by atoms with Gasteiger partial charge in [0.25, 0.3) is 0 Å². The van der Waals surface area contributed by atoms with E-state index in [9.17, 15) is 4.79 Å². The lowest BCUT2D eigenvalue weighted by atomic mass is 9.98. The third kappa shape index (κ3) is 4.75. The molecule has 0 saturated heterocycles. The van der Waals surface area contributed by atoms with Crippen molar-refractivity contribution in [2.24, 2.45) is 0 Å². The smallest absolute Gasteiger partial charge is 0.303 e. The minimum absolute atomic E-state index is 0.102. The Morgan fingerprint density at radius 1 is 1.18 bits per heavy atom. The van der Waals surface area contributed by atoms with Gasteiger partial charge in [0.15, 0.2) is 11.5 Å². The molecule has 2 aliphatic rings. The number of ether oxygens (including phenoxy) is 3. The summed E-state index contributed by atoms with van der Waals surface area (Å²) in [4.78, 5) is 17.3. The Morgan fingerprint density at radius 2 is 2.06 bits per heavy atom. The molecule has 0 aliphatic heterocycles. The predicted octanol–water partition coefficient (Wildman–Crippen LogP) is 5.66. The monoisotopic (exact) mass is 479 g/mol. The quantitative estimate of drug-likeness (QED) is 0.427. The number of carboxylic acids is 1. The van der Waals surface area contributed by atoms with Crippen molar-refractivity contribution in [1.82, 2.24) is 4.98 Å². The molecule has 2 atom stereocenters. The fourth-order valence-electron chi connectivity index (χ4n) is 4.87. The molecule has 1 unspecified atom stereocenters. The van der Waals surface area contributed by atoms with Crippen molar-refractivity contribution >= 4 is 17.3 Å². The van der Waals surface area contributed by atoms with Gasteiger partial charge in [-0.3, -0.25) is 4.79 Å². The van der Waals surface area contributed by atoms with Gasteiger partial charge in [0, 0.05) is 10.4 Å². The van der Waals surface area contributed by atoms with Crippen molar-refractivity contribution in [1.29, 1.82) is 0 Å². The summed E-state index contributed by atoms with van der Waals surface area (Å²) in [6, 6.07) is 11.9. The van der Waals surface area contributed by atoms with E-state index >= 15 is 0 Å². The SMILES string of the molecule is COc1cc(-c2nc3c(s2)CCC3)ccc1OC(C)COc1ccc2c(c1)CC[C@H]2CC(=O)O. The van der Waals surface area contributed by atoms with E-state index in [4.69, 9.17) is 24.3 Å². The van der Waals surface area contributed by atoms with E-state index in [0.29, 0.717) is 18.1 Å². The Hall–Kier alpha value is -3.06. The summed E-state index contributed by atoms with van der Waals surface area (Å²) in [5.74, 6) is 1.50. The highest BCUT2D eigenvalue weighted by Gasteiger charge is 2.25. The Labute approximate surface area is 203 Å². The highest BCUT2D eigenvalue weighted by molar-refractivity contribution is 7.15. The number of aryl methyl sites for hydroxylation is 3. The minimum atomic E-state index is -0.747. The number of carbonyl (C=O) groups is 1. The van der Waals surface area contributed by atoms with Crippen LogP contribution in [0.25, 0.3) is 10.6 Å². The number of fused-ring (bicyclic) bond motifs is 2. The Morgan fingerprint density at radius 3 is 2.85 bits per heavy atom. The van der Waals surface area contributed by atoms with Crippen molar-refractivity contribution in [3.63, 3.8) is 0 Å². The van der Waals surface area contributed by atoms with Gasteiger partial charge in [-0.15, -0.1) is 11.3 Å². The lowest BCUT2D eigenvalue weighted by Crippen LogP contribution is -2.21. The van der Waals surface area contributed by atoms with Gasteiger partial charge in [-0.1, -0.05) is 6.07 Å². The normalized spacial score (nSPS) is 17.2. The van der Waals surface area contributed by atoms with E-state index in [0.717, 1.165) is 47.6 Å². The van der Waals surface area contributed by atoms with Crippen molar-refractivity contribution in [2.45, 2.75) is 57.5 Å². The van der Waals surface area contributed by atoms with Crippen molar-refractivity contribution < 1.29 is 24.1 Å². The summed E-state index contributed by atoms with van der Waals surface area (Å²) < 4.78 is 17.7. The van der Waals surface area contributed by atoms with Gasteiger partial charge in [-0.25, -0.2) is 4.98 Å². The third-order valence-corrected chi connectivity index (χ3v) is 7.76. The van der Waals surface area contributed by atoms with E-state index in [1.165, 1.54) is 22.6 Å². The van der Waals surface area contributed by atoms with Crippen LogP contribution >= 0.6 is 11.3 Å². The number of benzene rings is 2. The predicted molar refractivity (Wildman–Crippen MR) is 131 cm³/mol. The van der Waals surface area contributed by atoms with Crippen LogP contribution in [0.15, 0.2) is 36.4 Å². The Kier molecular flexibility index (Phi) is 6.46. The topological polar surface area (TPSA) is 77.9 Å². The lowest BCUT2D eigenvalue weighted by Gasteiger charge is -2.18. The number of hydrogen-bond acceptors (Lipinski definition) is 6. The van der Waals surface area contributed by atoms with Gasteiger partial charge in [0.2, 0.25) is 0 Å². The third-order valence-electron chi connectivity index (χ3n) is 6.56. The van der Waals surface area contributed by atoms with Crippen molar-refractivity contribution in [3.8, 4) is 27.8 Å². The number of hydrogen-bond donors (Lipinski definition) is 1. The summed E-state index contributed by atoms with van der Waals surface area (Å²) in [5, 5.41) is 10.1. The average molecular weight is 480 g/mol. The van der Waals surface area contributed by atoms with Crippen LogP contribution in [0, 0.1) is 0 Å². The van der Waals surface area contributed by atoms with Crippen molar-refractivity contribution in [3.05, 3.63) is 58.1 Å². The molecule has 5 rings (SSSR count). The molecule has 0 radical (unpaired) electrons. The number of nitrogens with zero attached hydrogens (tertiary/aromatic N) is 1. The van der Waals surface area contributed by atoms with E-state index in [1.807, 2.05) is 43.3 Å². The first kappa shape index (κ1) is 22.7. The molecule has 7 heteroatoms. The molecule has 0 amide bonds. The van der Waals surface area contributed by atoms with Gasteiger partial charge in [-0.05, 0) is 86.4 Å². The number of aromatic nitrogens is 1. The molecule has 1 heterocycles. The zero-order valence-electron chi connectivity index (χ0n) is 19.5. The van der Waals surface area contributed by atoms with E-state index < -0.39 is 5.97 Å². The largest absolute Gasteiger partial charge is 0.493 e. The molecule has 3 aromatic rings. The van der Waals surface area contributed by atoms with Crippen LogP contribution in [-0.4, -0.2) is 35.9 Å². The van der Waals surface area contributed by atoms with Gasteiger partial charge in [0.05, 0.1) is 19.2 Å². The second-order valence-corrected chi connectivity index (χ2v) is 10.1. The molecule has 1 aromatic heterocycles. The maximum atomic E-state index is 11.1. The first-order valence-electron chi connectivity index (χ1n) is 11.8. The summed E-state index contributed by atoms with van der Waals surface area (Å²) >= 11 is 1.77. The van der Waals surface area contributed by atoms with Crippen LogP contribution in [0.2, 0.25) is 0 Å². The molecule has 6 nitrogen and oxygen atoms in total. The van der Waals surface area contributed by atoms with Crippen LogP contribution in [0.3, 0.4) is 0 Å². The molecule has 0 saturated carbocycles. The van der Waals surface area contributed by atoms with E-state index in [2.05, 4.69) is 0 Å². The molecular weight excluding hydrogens is 450 g/mol. The zero-order chi connectivity index (χ0) is 23.7. The van der Waals surface area contributed by atoms with Crippen LogP contribution in [-0.2, 0) is 24.1 Å². The molecule has 2 aromatic carbocycles. The highest BCUT2D eigenvalue weighted by atomic mass is 32.1. The lowest BCUT2D eigenvalue weighted by molar-refractivity contribution is -0.137. The second kappa shape index (κ2) is 9.66. The van der Waals surface area contributed by atoms with Crippen LogP contribution < -0.4 is 14.2 Å². The molecule has 0 spiro atoms. The summed E-state index contributed by atoms with van der Waals surface area (Å²) in [7, 11) is 1.65. The molecular formula is C27H29NO5S. The van der Waals surface area contributed by atoms with Crippen molar-refractivity contribution in [2.75, 3.05) is 13.7 Å². The van der Waals surface area contributed by atoms with Crippen LogP contribution in [0.4, 0.5) is 0 Å². The molecule has 178 valence electrons. The fraction of sp³-hybridized carbons (Fsp3) is 0.407. The van der Waals surface area contributed by atoms with Gasteiger partial charge in [-0.2, -0.15) is 0 Å². The van der Waals surface area contributed by atoms with E-state index in [1.54, 1.807) is 18.4 Å². The average Bonchev–Trinajstić information content (AvgIpc) is 3.53. The maximum Gasteiger partial charge on any atom is 0.303 e. The molecule has 1 N–H and O–H groups in total. The molecule has 0 fully saturated rings. The first-order valence-corrected chi connectivity index (χ1v) is 12.6. The Bertz CT molecular complexity index is 1180. The number of rotatable bonds is 9. The number of aliphatic carboxylic acids is 1. The standard InChI is InChI=1S/C27H29NO5S/c1-16(15-32-20-9-10-21-17(12-20)6-7-18(21)14-26(29)30)33-23-11-8-19(13-24(23)31-2)27-28-22-4-3-5-25(22)34-27/h8-13,16,18H,3-7,14-15H2,1-2H3,(H,29,30)/t16?,18-/m0/s1. The molecule has 34 heavy (non-hydrogen) atoms. The summed E-state index contributed by atoms with van der Waals surface area (Å²) in [5.41, 5.74) is 4.61. The first-order chi connectivity index (χ1) is 16.5. The van der Waals surface area contributed by atoms with Gasteiger partial charge in [0.1, 0.15) is 23.5 Å². The molecule has 0 bridgehead atoms. The summed E-state index contributed by atoms with van der Waals surface area (Å²) in [6.07, 6.45) is 5.19. The van der Waals surface area contributed by atoms with Gasteiger partial charge >= 0.3 is 5.97 Å². The molecule has 2 aliphatic carbocycles.